The molecular formula is C13H9BrClF2NO2S. The molecule has 1 aromatic heterocycles. The molecule has 0 saturated carbocycles. The second-order valence-electron chi connectivity index (χ2n) is 4.05. The summed E-state index contributed by atoms with van der Waals surface area (Å²) >= 11 is 10.5. The van der Waals surface area contributed by atoms with Gasteiger partial charge in [0.05, 0.1) is 13.7 Å². The number of ether oxygens (including phenoxy) is 1. The van der Waals surface area contributed by atoms with Gasteiger partial charge in [-0.1, -0.05) is 11.6 Å². The molecule has 2 aromatic rings. The molecule has 8 heteroatoms. The number of aryl methyl sites for hydroxylation is 1. The number of amides is 1. The lowest BCUT2D eigenvalue weighted by Gasteiger charge is -2.09. The van der Waals surface area contributed by atoms with E-state index in [1.807, 2.05) is 6.92 Å². The quantitative estimate of drug-likeness (QED) is 0.759. The number of anilines is 1. The topological polar surface area (TPSA) is 38.3 Å². The molecule has 0 aliphatic heterocycles. The summed E-state index contributed by atoms with van der Waals surface area (Å²) in [5, 5.41) is 2.64. The fourth-order valence-corrected chi connectivity index (χ4v) is 3.19. The van der Waals surface area contributed by atoms with Crippen LogP contribution >= 0.6 is 38.9 Å². The number of nitrogens with one attached hydrogen (secondary N) is 1. The van der Waals surface area contributed by atoms with Gasteiger partial charge in [-0.2, -0.15) is 8.78 Å². The van der Waals surface area contributed by atoms with Crippen LogP contribution < -0.4 is 10.1 Å². The fraction of sp³-hybridized carbons (Fsp3) is 0.154. The monoisotopic (exact) mass is 395 g/mol. The van der Waals surface area contributed by atoms with Crippen LogP contribution in [0.5, 0.6) is 5.75 Å². The molecule has 0 saturated heterocycles. The Morgan fingerprint density at radius 3 is 2.67 bits per heavy atom. The summed E-state index contributed by atoms with van der Waals surface area (Å²) in [5.74, 6) is -0.438. The van der Waals surface area contributed by atoms with E-state index < -0.39 is 6.61 Å². The third-order valence-electron chi connectivity index (χ3n) is 2.49. The third-order valence-corrected chi connectivity index (χ3v) is 4.92. The van der Waals surface area contributed by atoms with Crippen LogP contribution in [0.3, 0.4) is 0 Å². The van der Waals surface area contributed by atoms with Gasteiger partial charge in [-0.25, -0.2) is 0 Å². The summed E-state index contributed by atoms with van der Waals surface area (Å²) in [6, 6.07) is 5.82. The van der Waals surface area contributed by atoms with E-state index in [1.165, 1.54) is 29.5 Å². The molecule has 0 radical (unpaired) electrons. The van der Waals surface area contributed by atoms with Crippen molar-refractivity contribution >= 4 is 50.5 Å². The second kappa shape index (κ2) is 6.72. The largest absolute Gasteiger partial charge is 0.433 e. The molecule has 21 heavy (non-hydrogen) atoms. The molecule has 0 spiro atoms. The van der Waals surface area contributed by atoms with Crippen LogP contribution in [0.15, 0.2) is 28.1 Å². The van der Waals surface area contributed by atoms with E-state index in [0.717, 1.165) is 9.35 Å². The van der Waals surface area contributed by atoms with Gasteiger partial charge in [0, 0.05) is 5.69 Å². The number of rotatable bonds is 4. The summed E-state index contributed by atoms with van der Waals surface area (Å²) in [6.07, 6.45) is 0. The molecule has 0 bridgehead atoms. The number of hydrogen-bond acceptors (Lipinski definition) is 3. The second-order valence-corrected chi connectivity index (χ2v) is 6.82. The van der Waals surface area contributed by atoms with E-state index in [0.29, 0.717) is 10.6 Å². The average molecular weight is 397 g/mol. The van der Waals surface area contributed by atoms with Crippen molar-refractivity contribution in [3.63, 3.8) is 0 Å². The molecule has 1 heterocycles. The first-order valence-electron chi connectivity index (χ1n) is 5.68. The molecule has 0 aliphatic carbocycles. The predicted octanol–water partition coefficient (Wildman–Crippen LogP) is 5.33. The van der Waals surface area contributed by atoms with Gasteiger partial charge in [0.2, 0.25) is 0 Å². The van der Waals surface area contributed by atoms with Crippen LogP contribution in [-0.2, 0) is 0 Å². The van der Waals surface area contributed by atoms with E-state index in [2.05, 4.69) is 26.0 Å². The van der Waals surface area contributed by atoms with Gasteiger partial charge in [-0.15, -0.1) is 11.3 Å². The Bertz CT molecular complexity index is 659. The van der Waals surface area contributed by atoms with E-state index in [1.54, 1.807) is 6.07 Å². The highest BCUT2D eigenvalue weighted by atomic mass is 79.9. The molecule has 112 valence electrons. The van der Waals surface area contributed by atoms with Crippen molar-refractivity contribution in [2.24, 2.45) is 0 Å². The summed E-state index contributed by atoms with van der Waals surface area (Å²) in [7, 11) is 0. The number of thiophene rings is 1. The van der Waals surface area contributed by atoms with Crippen molar-refractivity contribution in [3.8, 4) is 5.75 Å². The first-order valence-corrected chi connectivity index (χ1v) is 7.67. The fourth-order valence-electron chi connectivity index (χ4n) is 1.53. The summed E-state index contributed by atoms with van der Waals surface area (Å²) < 4.78 is 29.3. The standard InChI is InChI=1S/C13H9BrClF2NO2S/c1-6-4-10(21-11(6)14)12(19)18-7-2-3-9(8(15)5-7)20-13(16)17/h2-5,13H,1H3,(H,18,19). The molecule has 1 amide bonds. The van der Waals surface area contributed by atoms with Gasteiger partial charge >= 0.3 is 6.61 Å². The number of carbonyl (C=O) groups excluding carboxylic acids is 1. The minimum Gasteiger partial charge on any atom is -0.433 e. The van der Waals surface area contributed by atoms with Crippen LogP contribution in [-0.4, -0.2) is 12.5 Å². The Hall–Kier alpha value is -1.18. The van der Waals surface area contributed by atoms with Crippen LogP contribution in [0.4, 0.5) is 14.5 Å². The molecule has 2 rings (SSSR count). The zero-order valence-corrected chi connectivity index (χ0v) is 13.8. The Balaban J connectivity index is 2.12. The van der Waals surface area contributed by atoms with Crippen LogP contribution in [0.2, 0.25) is 5.02 Å². The van der Waals surface area contributed by atoms with E-state index in [4.69, 9.17) is 11.6 Å². The minimum absolute atomic E-state index is 0.00311. The lowest BCUT2D eigenvalue weighted by molar-refractivity contribution is -0.0497. The van der Waals surface area contributed by atoms with Crippen molar-refractivity contribution in [2.45, 2.75) is 13.5 Å². The van der Waals surface area contributed by atoms with Gasteiger partial charge in [-0.3, -0.25) is 4.79 Å². The molecule has 1 aromatic carbocycles. The lowest BCUT2D eigenvalue weighted by atomic mass is 10.3. The molecule has 0 aliphatic rings. The summed E-state index contributed by atoms with van der Waals surface area (Å²) in [4.78, 5) is 12.6. The Morgan fingerprint density at radius 2 is 2.14 bits per heavy atom. The lowest BCUT2D eigenvalue weighted by Crippen LogP contribution is -2.10. The molecule has 0 fully saturated rings. The van der Waals surface area contributed by atoms with Gasteiger partial charge < -0.3 is 10.1 Å². The number of halogens is 4. The maximum Gasteiger partial charge on any atom is 0.387 e. The Morgan fingerprint density at radius 1 is 1.43 bits per heavy atom. The van der Waals surface area contributed by atoms with Crippen molar-refractivity contribution in [3.05, 3.63) is 43.5 Å². The maximum atomic E-state index is 12.1. The van der Waals surface area contributed by atoms with Crippen molar-refractivity contribution in [1.29, 1.82) is 0 Å². The van der Waals surface area contributed by atoms with E-state index in [-0.39, 0.29) is 16.7 Å². The van der Waals surface area contributed by atoms with Gasteiger partial charge in [-0.05, 0) is 52.7 Å². The molecule has 0 unspecified atom stereocenters. The van der Waals surface area contributed by atoms with Gasteiger partial charge in [0.25, 0.3) is 5.91 Å². The Labute approximate surface area is 137 Å². The normalized spacial score (nSPS) is 10.8. The third kappa shape index (κ3) is 4.15. The summed E-state index contributed by atoms with van der Waals surface area (Å²) in [6.45, 7) is -1.07. The highest BCUT2D eigenvalue weighted by molar-refractivity contribution is 9.11. The summed E-state index contributed by atoms with van der Waals surface area (Å²) in [5.41, 5.74) is 1.36. The molecule has 0 atom stereocenters. The van der Waals surface area contributed by atoms with Crippen molar-refractivity contribution < 1.29 is 18.3 Å². The first kappa shape index (κ1) is 16.2. The van der Waals surface area contributed by atoms with Gasteiger partial charge in [0.15, 0.2) is 0 Å². The van der Waals surface area contributed by atoms with Crippen molar-refractivity contribution in [1.82, 2.24) is 0 Å². The molecule has 1 N–H and O–H groups in total. The molecule has 3 nitrogen and oxygen atoms in total. The number of carbonyl (C=O) groups is 1. The zero-order valence-electron chi connectivity index (χ0n) is 10.6. The van der Waals surface area contributed by atoms with Crippen LogP contribution in [0.1, 0.15) is 15.2 Å². The van der Waals surface area contributed by atoms with Crippen LogP contribution in [0, 0.1) is 6.92 Å². The SMILES string of the molecule is Cc1cc(C(=O)Nc2ccc(OC(F)F)c(Cl)c2)sc1Br. The van der Waals surface area contributed by atoms with Crippen LogP contribution in [0.25, 0.3) is 0 Å². The highest BCUT2D eigenvalue weighted by Crippen LogP contribution is 2.31. The zero-order chi connectivity index (χ0) is 15.6. The van der Waals surface area contributed by atoms with Crippen molar-refractivity contribution in [2.75, 3.05) is 5.32 Å². The van der Waals surface area contributed by atoms with E-state index in [9.17, 15) is 13.6 Å². The minimum atomic E-state index is -2.95. The van der Waals surface area contributed by atoms with Gasteiger partial charge in [0.1, 0.15) is 5.75 Å². The predicted molar refractivity (Wildman–Crippen MR) is 82.8 cm³/mol. The Kier molecular flexibility index (Phi) is 5.18. The average Bonchev–Trinajstić information content (AvgIpc) is 2.73. The maximum absolute atomic E-state index is 12.1. The first-order chi connectivity index (χ1) is 9.86. The van der Waals surface area contributed by atoms with E-state index >= 15 is 0 Å². The highest BCUT2D eigenvalue weighted by Gasteiger charge is 2.13. The number of hydrogen-bond donors (Lipinski definition) is 1. The number of alkyl halides is 2. The molecular weight excluding hydrogens is 388 g/mol. The smallest absolute Gasteiger partial charge is 0.387 e. The number of benzene rings is 1.